The van der Waals surface area contributed by atoms with E-state index in [1.54, 1.807) is 0 Å². The van der Waals surface area contributed by atoms with E-state index in [9.17, 15) is 5.11 Å². The number of aromatic nitrogens is 2. The highest BCUT2D eigenvalue weighted by Gasteiger charge is 2.28. The van der Waals surface area contributed by atoms with Crippen LogP contribution in [0.15, 0.2) is 34.7 Å². The Balaban J connectivity index is 1.57. The van der Waals surface area contributed by atoms with Gasteiger partial charge in [0.2, 0.25) is 11.8 Å². The van der Waals surface area contributed by atoms with E-state index in [2.05, 4.69) is 15.1 Å². The number of rotatable bonds is 5. The van der Waals surface area contributed by atoms with Gasteiger partial charge >= 0.3 is 0 Å². The highest BCUT2D eigenvalue weighted by atomic mass is 16.4. The SMILES string of the molecule is CN(Cc1nnc(-c2ccccc2)o1)CC1CC(O)C1. The summed E-state index contributed by atoms with van der Waals surface area (Å²) in [6.45, 7) is 1.60. The molecule has 0 amide bonds. The lowest BCUT2D eigenvalue weighted by molar-refractivity contribution is 0.0264. The van der Waals surface area contributed by atoms with Crippen molar-refractivity contribution in [3.8, 4) is 11.5 Å². The van der Waals surface area contributed by atoms with E-state index in [0.29, 0.717) is 24.2 Å². The second-order valence-corrected chi connectivity index (χ2v) is 5.55. The molecule has 1 aromatic carbocycles. The lowest BCUT2D eigenvalue weighted by Gasteiger charge is -2.34. The monoisotopic (exact) mass is 273 g/mol. The molecule has 3 rings (SSSR count). The van der Waals surface area contributed by atoms with Gasteiger partial charge in [-0.2, -0.15) is 0 Å². The molecule has 1 N–H and O–H groups in total. The first-order chi connectivity index (χ1) is 9.70. The lowest BCUT2D eigenvalue weighted by Crippen LogP contribution is -2.36. The summed E-state index contributed by atoms with van der Waals surface area (Å²) in [7, 11) is 2.04. The first kappa shape index (κ1) is 13.3. The Bertz CT molecular complexity index is 549. The minimum Gasteiger partial charge on any atom is -0.419 e. The molecule has 20 heavy (non-hydrogen) atoms. The van der Waals surface area contributed by atoms with Gasteiger partial charge in [0.1, 0.15) is 0 Å². The van der Waals surface area contributed by atoms with Gasteiger partial charge in [-0.25, -0.2) is 0 Å². The van der Waals surface area contributed by atoms with Crippen molar-refractivity contribution < 1.29 is 9.52 Å². The molecule has 0 bridgehead atoms. The van der Waals surface area contributed by atoms with E-state index >= 15 is 0 Å². The molecule has 0 spiro atoms. The predicted molar refractivity (Wildman–Crippen MR) is 74.8 cm³/mol. The fraction of sp³-hybridized carbons (Fsp3) is 0.467. The third-order valence-corrected chi connectivity index (χ3v) is 3.67. The fourth-order valence-electron chi connectivity index (χ4n) is 2.60. The van der Waals surface area contributed by atoms with Crippen molar-refractivity contribution in [3.05, 3.63) is 36.2 Å². The van der Waals surface area contributed by atoms with Crippen LogP contribution >= 0.6 is 0 Å². The molecule has 5 nitrogen and oxygen atoms in total. The van der Waals surface area contributed by atoms with Crippen LogP contribution in [0.3, 0.4) is 0 Å². The van der Waals surface area contributed by atoms with Gasteiger partial charge in [-0.15, -0.1) is 10.2 Å². The Morgan fingerprint density at radius 1 is 1.25 bits per heavy atom. The maximum atomic E-state index is 9.29. The molecule has 0 unspecified atom stereocenters. The third-order valence-electron chi connectivity index (χ3n) is 3.67. The van der Waals surface area contributed by atoms with Gasteiger partial charge in [0.05, 0.1) is 12.6 Å². The first-order valence-electron chi connectivity index (χ1n) is 6.95. The molecule has 5 heteroatoms. The molecule has 1 aliphatic carbocycles. The van der Waals surface area contributed by atoms with Crippen molar-refractivity contribution in [1.29, 1.82) is 0 Å². The van der Waals surface area contributed by atoms with Gasteiger partial charge in [0.25, 0.3) is 0 Å². The van der Waals surface area contributed by atoms with Gasteiger partial charge in [-0.3, -0.25) is 4.90 Å². The Morgan fingerprint density at radius 3 is 2.70 bits per heavy atom. The Labute approximate surface area is 118 Å². The summed E-state index contributed by atoms with van der Waals surface area (Å²) in [4.78, 5) is 2.17. The molecule has 1 saturated carbocycles. The number of nitrogens with zero attached hydrogens (tertiary/aromatic N) is 3. The van der Waals surface area contributed by atoms with Crippen molar-refractivity contribution in [2.75, 3.05) is 13.6 Å². The van der Waals surface area contributed by atoms with Crippen LogP contribution in [0.1, 0.15) is 18.7 Å². The van der Waals surface area contributed by atoms with Crippen LogP contribution in [-0.2, 0) is 6.54 Å². The summed E-state index contributed by atoms with van der Waals surface area (Å²) >= 11 is 0. The molecule has 0 radical (unpaired) electrons. The zero-order valence-corrected chi connectivity index (χ0v) is 11.6. The highest BCUT2D eigenvalue weighted by molar-refractivity contribution is 5.51. The topological polar surface area (TPSA) is 62.4 Å². The minimum absolute atomic E-state index is 0.0958. The van der Waals surface area contributed by atoms with Crippen LogP contribution in [0.4, 0.5) is 0 Å². The average molecular weight is 273 g/mol. The molecular formula is C15H19N3O2. The molecule has 0 aliphatic heterocycles. The average Bonchev–Trinajstić information content (AvgIpc) is 2.86. The second-order valence-electron chi connectivity index (χ2n) is 5.55. The molecule has 1 heterocycles. The molecule has 106 valence electrons. The minimum atomic E-state index is -0.0958. The largest absolute Gasteiger partial charge is 0.419 e. The number of aliphatic hydroxyl groups excluding tert-OH is 1. The van der Waals surface area contributed by atoms with Crippen LogP contribution in [0.2, 0.25) is 0 Å². The molecule has 1 aliphatic rings. The van der Waals surface area contributed by atoms with Crippen molar-refractivity contribution in [1.82, 2.24) is 15.1 Å². The van der Waals surface area contributed by atoms with E-state index < -0.39 is 0 Å². The summed E-state index contributed by atoms with van der Waals surface area (Å²) in [6, 6.07) is 9.77. The summed E-state index contributed by atoms with van der Waals surface area (Å²) in [5.41, 5.74) is 0.941. The van der Waals surface area contributed by atoms with Crippen LogP contribution in [0.5, 0.6) is 0 Å². The molecule has 0 atom stereocenters. The summed E-state index contributed by atoms with van der Waals surface area (Å²) in [5.74, 6) is 1.78. The van der Waals surface area contributed by atoms with Crippen molar-refractivity contribution in [2.24, 2.45) is 5.92 Å². The van der Waals surface area contributed by atoms with Gasteiger partial charge in [-0.05, 0) is 37.9 Å². The number of aliphatic hydroxyl groups is 1. The van der Waals surface area contributed by atoms with Gasteiger partial charge in [0.15, 0.2) is 0 Å². The van der Waals surface area contributed by atoms with E-state index in [0.717, 1.165) is 24.9 Å². The molecule has 1 fully saturated rings. The van der Waals surface area contributed by atoms with E-state index in [-0.39, 0.29) is 6.10 Å². The summed E-state index contributed by atoms with van der Waals surface area (Å²) in [5, 5.41) is 17.5. The molecule has 2 aromatic rings. The number of benzene rings is 1. The Kier molecular flexibility index (Phi) is 3.80. The first-order valence-corrected chi connectivity index (χ1v) is 6.95. The quantitative estimate of drug-likeness (QED) is 0.902. The molecule has 0 saturated heterocycles. The Hall–Kier alpha value is -1.72. The number of hydrogen-bond acceptors (Lipinski definition) is 5. The zero-order valence-electron chi connectivity index (χ0n) is 11.6. The second kappa shape index (κ2) is 5.73. The molecular weight excluding hydrogens is 254 g/mol. The molecule has 1 aromatic heterocycles. The summed E-state index contributed by atoms with van der Waals surface area (Å²) < 4.78 is 5.68. The van der Waals surface area contributed by atoms with Crippen LogP contribution < -0.4 is 0 Å². The van der Waals surface area contributed by atoms with Crippen LogP contribution in [0, 0.1) is 5.92 Å². The van der Waals surface area contributed by atoms with E-state index in [1.807, 2.05) is 37.4 Å². The maximum absolute atomic E-state index is 9.29. The lowest BCUT2D eigenvalue weighted by atomic mass is 9.82. The van der Waals surface area contributed by atoms with Gasteiger partial charge in [-0.1, -0.05) is 18.2 Å². The van der Waals surface area contributed by atoms with Crippen molar-refractivity contribution in [2.45, 2.75) is 25.5 Å². The standard InChI is InChI=1S/C15H19N3O2/c1-18(9-11-7-13(19)8-11)10-14-16-17-15(20-14)12-5-3-2-4-6-12/h2-6,11,13,19H,7-10H2,1H3. The normalized spacial score (nSPS) is 21.9. The smallest absolute Gasteiger partial charge is 0.247 e. The van der Waals surface area contributed by atoms with E-state index in [1.165, 1.54) is 0 Å². The number of hydrogen-bond donors (Lipinski definition) is 1. The predicted octanol–water partition coefficient (Wildman–Crippen LogP) is 1.94. The van der Waals surface area contributed by atoms with Crippen molar-refractivity contribution >= 4 is 0 Å². The third kappa shape index (κ3) is 3.05. The fourth-order valence-corrected chi connectivity index (χ4v) is 2.60. The van der Waals surface area contributed by atoms with Gasteiger partial charge in [0, 0.05) is 12.1 Å². The highest BCUT2D eigenvalue weighted by Crippen LogP contribution is 2.28. The maximum Gasteiger partial charge on any atom is 0.247 e. The van der Waals surface area contributed by atoms with E-state index in [4.69, 9.17) is 4.42 Å². The van der Waals surface area contributed by atoms with Crippen LogP contribution in [0.25, 0.3) is 11.5 Å². The summed E-state index contributed by atoms with van der Waals surface area (Å²) in [6.07, 6.45) is 1.72. The Morgan fingerprint density at radius 2 is 2.00 bits per heavy atom. The van der Waals surface area contributed by atoms with Gasteiger partial charge < -0.3 is 9.52 Å². The van der Waals surface area contributed by atoms with Crippen LogP contribution in [-0.4, -0.2) is 39.9 Å². The van der Waals surface area contributed by atoms with Crippen molar-refractivity contribution in [3.63, 3.8) is 0 Å². The zero-order chi connectivity index (χ0) is 13.9.